The van der Waals surface area contributed by atoms with Gasteiger partial charge in [0.1, 0.15) is 0 Å². The van der Waals surface area contributed by atoms with Gasteiger partial charge in [0.15, 0.2) is 0 Å². The molecule has 6 heteroatoms. The summed E-state index contributed by atoms with van der Waals surface area (Å²) in [6, 6.07) is 7.36. The maximum Gasteiger partial charge on any atom is 0.321 e. The number of alkyl halides is 1. The molecule has 0 bridgehead atoms. The van der Waals surface area contributed by atoms with E-state index < -0.39 is 0 Å². The lowest BCUT2D eigenvalue weighted by molar-refractivity contribution is -0.120. The summed E-state index contributed by atoms with van der Waals surface area (Å²) >= 11 is 5.45. The lowest BCUT2D eigenvalue weighted by Crippen LogP contribution is -2.27. The Morgan fingerprint density at radius 3 is 2.76 bits per heavy atom. The molecule has 2 N–H and O–H groups in total. The van der Waals surface area contributed by atoms with Crippen LogP contribution in [-0.4, -0.2) is 37.5 Å². The smallest absolute Gasteiger partial charge is 0.321 e. The van der Waals surface area contributed by atoms with E-state index in [9.17, 15) is 9.59 Å². The molecule has 0 radical (unpaired) electrons. The fourth-order valence-corrected chi connectivity index (χ4v) is 2.08. The monoisotopic (exact) mass is 305 g/mol. The summed E-state index contributed by atoms with van der Waals surface area (Å²) in [5.41, 5.74) is 1.69. The van der Waals surface area contributed by atoms with Gasteiger partial charge in [0.2, 0.25) is 5.91 Å². The molecule has 1 saturated heterocycles. The maximum absolute atomic E-state index is 11.5. The van der Waals surface area contributed by atoms with Crippen LogP contribution in [0.5, 0.6) is 0 Å². The van der Waals surface area contributed by atoms with Gasteiger partial charge in [-0.3, -0.25) is 9.69 Å². The molecule has 0 aromatic heterocycles. The van der Waals surface area contributed by atoms with Crippen molar-refractivity contribution in [1.29, 1.82) is 0 Å². The van der Waals surface area contributed by atoms with Crippen molar-refractivity contribution in [2.75, 3.05) is 30.4 Å². The van der Waals surface area contributed by atoms with Crippen LogP contribution in [0.3, 0.4) is 0 Å². The first-order chi connectivity index (χ1) is 10.2. The Kier molecular flexibility index (Phi) is 5.47. The van der Waals surface area contributed by atoms with Crippen molar-refractivity contribution in [1.82, 2.24) is 10.6 Å². The zero-order valence-electron chi connectivity index (χ0n) is 11.5. The van der Waals surface area contributed by atoms with Gasteiger partial charge in [-0.15, -0.1) is 11.6 Å². The van der Waals surface area contributed by atoms with Gasteiger partial charge in [0.25, 0.3) is 0 Å². The molecule has 1 heterocycles. The van der Waals surface area contributed by atoms with Gasteiger partial charge >= 0.3 is 6.03 Å². The Balaban J connectivity index is 1.88. The largest absolute Gasteiger partial charge is 0.345 e. The first-order valence-electron chi connectivity index (χ1n) is 6.67. The van der Waals surface area contributed by atoms with Crippen molar-refractivity contribution in [2.24, 2.45) is 0 Å². The van der Waals surface area contributed by atoms with Crippen LogP contribution in [0.2, 0.25) is 0 Å². The lowest BCUT2D eigenvalue weighted by atomic mass is 10.2. The molecule has 1 aliphatic heterocycles. The Morgan fingerprint density at radius 1 is 1.38 bits per heavy atom. The van der Waals surface area contributed by atoms with Gasteiger partial charge in [-0.1, -0.05) is 11.8 Å². The van der Waals surface area contributed by atoms with Crippen LogP contribution in [-0.2, 0) is 4.79 Å². The normalized spacial score (nSPS) is 13.4. The Labute approximate surface area is 128 Å². The van der Waals surface area contributed by atoms with Crippen LogP contribution in [0.15, 0.2) is 24.3 Å². The van der Waals surface area contributed by atoms with Crippen LogP contribution in [0.4, 0.5) is 10.5 Å². The molecule has 1 aromatic carbocycles. The van der Waals surface area contributed by atoms with Gasteiger partial charge in [-0.05, 0) is 24.3 Å². The van der Waals surface area contributed by atoms with Crippen molar-refractivity contribution >= 4 is 29.2 Å². The standard InChI is InChI=1S/C15H16ClN3O2/c16-8-7-14(20)17-9-1-2-12-3-5-13(6-4-12)19-11-10-18-15(19)21/h3-6H,7-11H2,(H,17,20)(H,18,21). The van der Waals surface area contributed by atoms with Crippen LogP contribution >= 0.6 is 11.6 Å². The summed E-state index contributed by atoms with van der Waals surface area (Å²) in [5.74, 6) is 6.03. The molecule has 3 amide bonds. The Bertz CT molecular complexity index is 575. The number of nitrogens with one attached hydrogen (secondary N) is 2. The average molecular weight is 306 g/mol. The summed E-state index contributed by atoms with van der Waals surface area (Å²) in [5, 5.41) is 5.41. The van der Waals surface area contributed by atoms with Gasteiger partial charge in [-0.2, -0.15) is 0 Å². The van der Waals surface area contributed by atoms with E-state index >= 15 is 0 Å². The Morgan fingerprint density at radius 2 is 2.14 bits per heavy atom. The molecule has 110 valence electrons. The Hall–Kier alpha value is -2.19. The fraction of sp³-hybridized carbons (Fsp3) is 0.333. The third-order valence-corrected chi connectivity index (χ3v) is 3.15. The number of anilines is 1. The molecule has 1 fully saturated rings. The van der Waals surface area contributed by atoms with Crippen LogP contribution in [0.1, 0.15) is 12.0 Å². The quantitative estimate of drug-likeness (QED) is 0.651. The first-order valence-corrected chi connectivity index (χ1v) is 7.21. The van der Waals surface area contributed by atoms with Crippen molar-refractivity contribution in [2.45, 2.75) is 6.42 Å². The van der Waals surface area contributed by atoms with E-state index in [-0.39, 0.29) is 11.9 Å². The minimum Gasteiger partial charge on any atom is -0.345 e. The van der Waals surface area contributed by atoms with E-state index in [1.807, 2.05) is 24.3 Å². The number of carbonyl (C=O) groups excluding carboxylic acids is 2. The van der Waals surface area contributed by atoms with Crippen molar-refractivity contribution in [3.8, 4) is 11.8 Å². The predicted octanol–water partition coefficient (Wildman–Crippen LogP) is 1.31. The number of rotatable bonds is 4. The molecular weight excluding hydrogens is 290 g/mol. The van der Waals surface area contributed by atoms with Gasteiger partial charge in [-0.25, -0.2) is 4.79 Å². The van der Waals surface area contributed by atoms with Crippen LogP contribution in [0, 0.1) is 11.8 Å². The third kappa shape index (κ3) is 4.40. The van der Waals surface area contributed by atoms with E-state index in [2.05, 4.69) is 22.5 Å². The summed E-state index contributed by atoms with van der Waals surface area (Å²) in [6.07, 6.45) is 0.301. The molecule has 0 unspecified atom stereocenters. The molecule has 0 spiro atoms. The van der Waals surface area contributed by atoms with E-state index in [0.717, 1.165) is 11.3 Å². The second-order valence-electron chi connectivity index (χ2n) is 4.45. The summed E-state index contributed by atoms with van der Waals surface area (Å²) in [7, 11) is 0. The summed E-state index contributed by atoms with van der Waals surface area (Å²) in [6.45, 7) is 1.64. The highest BCUT2D eigenvalue weighted by atomic mass is 35.5. The molecule has 5 nitrogen and oxygen atoms in total. The van der Waals surface area contributed by atoms with Crippen LogP contribution < -0.4 is 15.5 Å². The van der Waals surface area contributed by atoms with E-state index in [1.54, 1.807) is 4.90 Å². The van der Waals surface area contributed by atoms with Gasteiger partial charge in [0, 0.05) is 36.6 Å². The minimum absolute atomic E-state index is 0.0733. The lowest BCUT2D eigenvalue weighted by Gasteiger charge is -2.13. The molecule has 1 aliphatic rings. The summed E-state index contributed by atoms with van der Waals surface area (Å²) in [4.78, 5) is 24.4. The molecule has 1 aromatic rings. The number of amides is 3. The topological polar surface area (TPSA) is 61.4 Å². The minimum atomic E-state index is -0.102. The van der Waals surface area contributed by atoms with Gasteiger partial charge < -0.3 is 10.6 Å². The summed E-state index contributed by atoms with van der Waals surface area (Å²) < 4.78 is 0. The number of carbonyl (C=O) groups is 2. The average Bonchev–Trinajstić information content (AvgIpc) is 2.91. The van der Waals surface area contributed by atoms with Crippen LogP contribution in [0.25, 0.3) is 0 Å². The second-order valence-corrected chi connectivity index (χ2v) is 4.83. The SMILES string of the molecule is O=C(CCCl)NCC#Cc1ccc(N2CCNC2=O)cc1. The third-order valence-electron chi connectivity index (χ3n) is 2.96. The molecule has 0 aliphatic carbocycles. The van der Waals surface area contributed by atoms with E-state index in [4.69, 9.17) is 11.6 Å². The van der Waals surface area contributed by atoms with Crippen molar-refractivity contribution in [3.05, 3.63) is 29.8 Å². The fourth-order valence-electron chi connectivity index (χ4n) is 1.91. The van der Waals surface area contributed by atoms with Gasteiger partial charge in [0.05, 0.1) is 6.54 Å². The highest BCUT2D eigenvalue weighted by molar-refractivity contribution is 6.18. The second kappa shape index (κ2) is 7.55. The highest BCUT2D eigenvalue weighted by Crippen LogP contribution is 2.16. The first kappa shape index (κ1) is 15.2. The number of hydrogen-bond donors (Lipinski definition) is 2. The molecule has 21 heavy (non-hydrogen) atoms. The number of benzene rings is 1. The molecule has 0 atom stereocenters. The van der Waals surface area contributed by atoms with E-state index in [0.29, 0.717) is 31.9 Å². The predicted molar refractivity (Wildman–Crippen MR) is 82.4 cm³/mol. The van der Waals surface area contributed by atoms with E-state index in [1.165, 1.54) is 0 Å². The molecule has 0 saturated carbocycles. The number of nitrogens with zero attached hydrogens (tertiary/aromatic N) is 1. The number of halogens is 1. The molecular formula is C15H16ClN3O2. The molecule has 2 rings (SSSR count). The zero-order chi connectivity index (χ0) is 15.1. The number of hydrogen-bond acceptors (Lipinski definition) is 2. The zero-order valence-corrected chi connectivity index (χ0v) is 12.2. The van der Waals surface area contributed by atoms with Crippen molar-refractivity contribution in [3.63, 3.8) is 0 Å². The highest BCUT2D eigenvalue weighted by Gasteiger charge is 2.20. The maximum atomic E-state index is 11.5. The number of urea groups is 1. The van der Waals surface area contributed by atoms with Crippen molar-refractivity contribution < 1.29 is 9.59 Å².